The van der Waals surface area contributed by atoms with Gasteiger partial charge in [-0.3, -0.25) is 4.79 Å². The minimum Gasteiger partial charge on any atom is -0.379 e. The summed E-state index contributed by atoms with van der Waals surface area (Å²) < 4.78 is 5.01. The Kier molecular flexibility index (Phi) is 9.82. The molecule has 4 rings (SSSR count). The fourth-order valence-electron chi connectivity index (χ4n) is 4.01. The molecule has 1 saturated heterocycles. The van der Waals surface area contributed by atoms with Gasteiger partial charge in [0.1, 0.15) is 0 Å². The lowest BCUT2D eigenvalue weighted by Crippen LogP contribution is -2.38. The zero-order valence-electron chi connectivity index (χ0n) is 20.0. The molecule has 3 aromatic carbocycles. The Labute approximate surface area is 198 Å². The Bertz CT molecular complexity index is 958. The van der Waals surface area contributed by atoms with Gasteiger partial charge in [-0.2, -0.15) is 0 Å². The normalized spacial score (nSPS) is 15.3. The molecule has 174 valence electrons. The van der Waals surface area contributed by atoms with Crippen molar-refractivity contribution in [3.8, 4) is 11.1 Å². The van der Waals surface area contributed by atoms with Crippen molar-refractivity contribution in [2.24, 2.45) is 5.92 Å². The van der Waals surface area contributed by atoms with Crippen LogP contribution in [0.5, 0.6) is 0 Å². The van der Waals surface area contributed by atoms with E-state index in [0.29, 0.717) is 0 Å². The zero-order chi connectivity index (χ0) is 23.5. The van der Waals surface area contributed by atoms with Crippen molar-refractivity contribution in [1.82, 2.24) is 10.2 Å². The van der Waals surface area contributed by atoms with Gasteiger partial charge >= 0.3 is 0 Å². The number of carbonyl (C=O) groups is 1. The number of ketones is 1. The highest BCUT2D eigenvalue weighted by Crippen LogP contribution is 2.28. The van der Waals surface area contributed by atoms with E-state index in [-0.39, 0.29) is 17.7 Å². The van der Waals surface area contributed by atoms with E-state index in [9.17, 15) is 4.79 Å². The number of hydrogen-bond acceptors (Lipinski definition) is 4. The zero-order valence-corrected chi connectivity index (χ0v) is 20.0. The SMILES string of the molecule is C1COCCN1.CC(C(Cc1ccccc1-c1ccccc1)C(=O)c1ccccc1)N(C)C. The van der Waals surface area contributed by atoms with Crippen molar-refractivity contribution >= 4 is 5.78 Å². The van der Waals surface area contributed by atoms with Crippen molar-refractivity contribution in [1.29, 1.82) is 0 Å². The quantitative estimate of drug-likeness (QED) is 0.524. The Morgan fingerprint density at radius 3 is 2.00 bits per heavy atom. The number of rotatable bonds is 7. The molecule has 0 radical (unpaired) electrons. The van der Waals surface area contributed by atoms with Gasteiger partial charge < -0.3 is 15.0 Å². The van der Waals surface area contributed by atoms with Crippen molar-refractivity contribution in [2.45, 2.75) is 19.4 Å². The molecular weight excluding hydrogens is 408 g/mol. The number of ether oxygens (including phenoxy) is 1. The van der Waals surface area contributed by atoms with Crippen LogP contribution in [0.4, 0.5) is 0 Å². The topological polar surface area (TPSA) is 41.6 Å². The fraction of sp³-hybridized carbons (Fsp3) is 0.345. The number of carbonyl (C=O) groups excluding carboxylic acids is 1. The molecule has 0 spiro atoms. The average Bonchev–Trinajstić information content (AvgIpc) is 2.89. The number of morpholine rings is 1. The summed E-state index contributed by atoms with van der Waals surface area (Å²) in [7, 11) is 4.08. The molecule has 1 fully saturated rings. The summed E-state index contributed by atoms with van der Waals surface area (Å²) in [5.74, 6) is 0.104. The first-order chi connectivity index (χ1) is 16.1. The number of Topliss-reactive ketones (excluding diaryl/α,β-unsaturated/α-hetero) is 1. The van der Waals surface area contributed by atoms with Crippen LogP contribution in [0, 0.1) is 5.92 Å². The van der Waals surface area contributed by atoms with Crippen LogP contribution < -0.4 is 5.32 Å². The van der Waals surface area contributed by atoms with Gasteiger partial charge in [-0.15, -0.1) is 0 Å². The van der Waals surface area contributed by atoms with Gasteiger partial charge in [-0.1, -0.05) is 84.9 Å². The fourth-order valence-corrected chi connectivity index (χ4v) is 4.01. The third-order valence-electron chi connectivity index (χ3n) is 6.18. The molecule has 1 aliphatic rings. The molecule has 2 unspecified atom stereocenters. The Morgan fingerprint density at radius 1 is 0.879 bits per heavy atom. The molecule has 1 N–H and O–H groups in total. The number of nitrogens with one attached hydrogen (secondary N) is 1. The molecular formula is C29H36N2O2. The molecule has 0 aromatic heterocycles. The van der Waals surface area contributed by atoms with Gasteiger partial charge in [0.05, 0.1) is 13.2 Å². The van der Waals surface area contributed by atoms with Crippen LogP contribution >= 0.6 is 0 Å². The second-order valence-electron chi connectivity index (χ2n) is 8.63. The highest BCUT2D eigenvalue weighted by molar-refractivity contribution is 5.98. The standard InChI is InChI=1S/C25H27NO.C4H9NO/c1-19(26(2)3)24(25(27)21-14-8-5-9-15-21)18-22-16-10-11-17-23(22)20-12-6-4-7-13-20;1-3-6-4-2-5-1/h4-17,19,24H,18H2,1-3H3;5H,1-4H2. The van der Waals surface area contributed by atoms with Crippen molar-refractivity contribution in [2.75, 3.05) is 40.4 Å². The van der Waals surface area contributed by atoms with Crippen LogP contribution in [-0.2, 0) is 11.2 Å². The van der Waals surface area contributed by atoms with E-state index in [0.717, 1.165) is 38.3 Å². The predicted molar refractivity (Wildman–Crippen MR) is 137 cm³/mol. The Morgan fingerprint density at radius 2 is 1.45 bits per heavy atom. The minimum absolute atomic E-state index is 0.104. The van der Waals surface area contributed by atoms with E-state index in [4.69, 9.17) is 4.74 Å². The maximum Gasteiger partial charge on any atom is 0.167 e. The lowest BCUT2D eigenvalue weighted by molar-refractivity contribution is 0.0846. The van der Waals surface area contributed by atoms with Crippen LogP contribution in [0.2, 0.25) is 0 Å². The maximum absolute atomic E-state index is 13.3. The molecule has 1 aliphatic heterocycles. The van der Waals surface area contributed by atoms with Gasteiger partial charge in [-0.05, 0) is 44.1 Å². The Balaban J connectivity index is 0.000000442. The third-order valence-corrected chi connectivity index (χ3v) is 6.18. The average molecular weight is 445 g/mol. The maximum atomic E-state index is 13.3. The van der Waals surface area contributed by atoms with E-state index < -0.39 is 0 Å². The van der Waals surface area contributed by atoms with Gasteiger partial charge in [-0.25, -0.2) is 0 Å². The molecule has 3 aromatic rings. The third kappa shape index (κ3) is 7.36. The summed E-state index contributed by atoms with van der Waals surface area (Å²) in [5, 5.41) is 3.16. The molecule has 4 heteroatoms. The Hall–Kier alpha value is -2.79. The first-order valence-corrected chi connectivity index (χ1v) is 11.8. The molecule has 0 amide bonds. The van der Waals surface area contributed by atoms with E-state index in [1.54, 1.807) is 0 Å². The number of nitrogens with zero attached hydrogens (tertiary/aromatic N) is 1. The van der Waals surface area contributed by atoms with Gasteiger partial charge in [0.25, 0.3) is 0 Å². The molecule has 1 heterocycles. The van der Waals surface area contributed by atoms with Crippen LogP contribution in [0.25, 0.3) is 11.1 Å². The summed E-state index contributed by atoms with van der Waals surface area (Å²) in [6.07, 6.45) is 0.720. The van der Waals surface area contributed by atoms with E-state index in [2.05, 4.69) is 65.7 Å². The lowest BCUT2D eigenvalue weighted by atomic mass is 9.83. The minimum atomic E-state index is -0.104. The van der Waals surface area contributed by atoms with Gasteiger partial charge in [0.2, 0.25) is 0 Å². The lowest BCUT2D eigenvalue weighted by Gasteiger charge is -2.29. The second-order valence-corrected chi connectivity index (χ2v) is 8.63. The smallest absolute Gasteiger partial charge is 0.167 e. The first kappa shape index (κ1) is 24.8. The molecule has 0 bridgehead atoms. The summed E-state index contributed by atoms with van der Waals surface area (Å²) in [5.41, 5.74) is 4.39. The largest absolute Gasteiger partial charge is 0.379 e. The van der Waals surface area contributed by atoms with E-state index in [1.165, 1.54) is 16.7 Å². The van der Waals surface area contributed by atoms with Crippen LogP contribution in [0.1, 0.15) is 22.8 Å². The highest BCUT2D eigenvalue weighted by Gasteiger charge is 2.28. The van der Waals surface area contributed by atoms with Crippen molar-refractivity contribution in [3.05, 3.63) is 96.1 Å². The highest BCUT2D eigenvalue weighted by atomic mass is 16.5. The van der Waals surface area contributed by atoms with Crippen LogP contribution in [0.15, 0.2) is 84.9 Å². The predicted octanol–water partition coefficient (Wildman–Crippen LogP) is 4.95. The van der Waals surface area contributed by atoms with Crippen LogP contribution in [0.3, 0.4) is 0 Å². The summed E-state index contributed by atoms with van der Waals surface area (Å²) in [6.45, 7) is 5.97. The molecule has 2 atom stereocenters. The van der Waals surface area contributed by atoms with Crippen molar-refractivity contribution < 1.29 is 9.53 Å². The second kappa shape index (κ2) is 13.0. The summed E-state index contributed by atoms with van der Waals surface area (Å²) in [6, 6.07) is 28.6. The van der Waals surface area contributed by atoms with Gasteiger partial charge in [0, 0.05) is 30.6 Å². The van der Waals surface area contributed by atoms with E-state index in [1.807, 2.05) is 50.5 Å². The monoisotopic (exact) mass is 444 g/mol. The summed E-state index contributed by atoms with van der Waals surface area (Å²) >= 11 is 0. The van der Waals surface area contributed by atoms with Crippen LogP contribution in [-0.4, -0.2) is 57.1 Å². The molecule has 33 heavy (non-hydrogen) atoms. The number of hydrogen-bond donors (Lipinski definition) is 1. The van der Waals surface area contributed by atoms with E-state index >= 15 is 0 Å². The molecule has 0 aliphatic carbocycles. The number of benzene rings is 3. The van der Waals surface area contributed by atoms with Gasteiger partial charge in [0.15, 0.2) is 5.78 Å². The molecule has 0 saturated carbocycles. The first-order valence-electron chi connectivity index (χ1n) is 11.8. The summed E-state index contributed by atoms with van der Waals surface area (Å²) in [4.78, 5) is 15.5. The van der Waals surface area contributed by atoms with Crippen molar-refractivity contribution in [3.63, 3.8) is 0 Å². The molecule has 4 nitrogen and oxygen atoms in total.